The summed E-state index contributed by atoms with van der Waals surface area (Å²) in [4.78, 5) is 25.8. The third-order valence-electron chi connectivity index (χ3n) is 4.63. The molecule has 0 aliphatic carbocycles. The maximum atomic E-state index is 15.2. The summed E-state index contributed by atoms with van der Waals surface area (Å²) in [7, 11) is 0. The first-order valence-electron chi connectivity index (χ1n) is 10.8. The van der Waals surface area contributed by atoms with E-state index in [0.29, 0.717) is 4.47 Å². The molecule has 0 aliphatic rings. The molecule has 6 nitrogen and oxygen atoms in total. The fourth-order valence-corrected chi connectivity index (χ4v) is 4.05. The second kappa shape index (κ2) is 11.8. The molecule has 0 bridgehead atoms. The van der Waals surface area contributed by atoms with E-state index in [9.17, 15) is 9.59 Å². The topological polar surface area (TPSA) is 76.7 Å². The smallest absolute Gasteiger partial charge is 0.413 e. The van der Waals surface area contributed by atoms with Crippen LogP contribution in [0.2, 0.25) is 0 Å². The molecule has 2 aromatic rings. The molecule has 0 aromatic heterocycles. The summed E-state index contributed by atoms with van der Waals surface area (Å²) >= 11 is 8.58. The predicted molar refractivity (Wildman–Crippen MR) is 137 cm³/mol. The average molecular weight is 553 g/mol. The van der Waals surface area contributed by atoms with Crippen LogP contribution in [0, 0.1) is 11.2 Å². The number of carbonyl (C=O) groups excluding carboxylic acids is 2. The van der Waals surface area contributed by atoms with Crippen LogP contribution >= 0.6 is 28.1 Å². The van der Waals surface area contributed by atoms with Crippen molar-refractivity contribution >= 4 is 45.3 Å². The Bertz CT molecular complexity index is 1030. The minimum Gasteiger partial charge on any atom is -0.461 e. The third kappa shape index (κ3) is 8.06. The fraction of sp³-hybridized carbons (Fsp3) is 0.400. The summed E-state index contributed by atoms with van der Waals surface area (Å²) in [6, 6.07) is 13.5. The highest BCUT2D eigenvalue weighted by molar-refractivity contribution is 9.10. The van der Waals surface area contributed by atoms with Crippen molar-refractivity contribution in [3.63, 3.8) is 0 Å². The number of rotatable bonds is 7. The van der Waals surface area contributed by atoms with E-state index in [0.717, 1.165) is 5.56 Å². The monoisotopic (exact) mass is 552 g/mol. The van der Waals surface area contributed by atoms with E-state index in [1.807, 2.05) is 51.1 Å². The van der Waals surface area contributed by atoms with Crippen LogP contribution in [0.3, 0.4) is 0 Å². The van der Waals surface area contributed by atoms with Gasteiger partial charge in [-0.3, -0.25) is 5.32 Å². The van der Waals surface area contributed by atoms with E-state index in [2.05, 4.69) is 26.6 Å². The van der Waals surface area contributed by atoms with Gasteiger partial charge in [-0.15, -0.1) is 0 Å². The largest absolute Gasteiger partial charge is 0.461 e. The van der Waals surface area contributed by atoms with Crippen molar-refractivity contribution < 1.29 is 23.5 Å². The number of hydrogen-bond acceptors (Lipinski definition) is 5. The zero-order valence-corrected chi connectivity index (χ0v) is 22.3. The average Bonchev–Trinajstić information content (AvgIpc) is 2.71. The Morgan fingerprint density at radius 2 is 1.76 bits per heavy atom. The lowest BCUT2D eigenvalue weighted by molar-refractivity contribution is -0.157. The highest BCUT2D eigenvalue weighted by atomic mass is 79.9. The number of nitrogens with one attached hydrogen (secondary N) is 2. The van der Waals surface area contributed by atoms with Gasteiger partial charge in [-0.2, -0.15) is 0 Å². The van der Waals surface area contributed by atoms with E-state index in [-0.39, 0.29) is 23.7 Å². The van der Waals surface area contributed by atoms with Crippen molar-refractivity contribution in [1.82, 2.24) is 10.6 Å². The molecule has 0 heterocycles. The zero-order chi connectivity index (χ0) is 25.5. The van der Waals surface area contributed by atoms with Crippen molar-refractivity contribution in [2.45, 2.75) is 59.3 Å². The van der Waals surface area contributed by atoms with Crippen LogP contribution in [0.4, 0.5) is 9.18 Å². The molecule has 0 saturated heterocycles. The van der Waals surface area contributed by atoms with E-state index in [4.69, 9.17) is 21.7 Å². The molecule has 2 aromatic carbocycles. The fourth-order valence-electron chi connectivity index (χ4n) is 3.46. The quantitative estimate of drug-likeness (QED) is 0.325. The Morgan fingerprint density at radius 3 is 2.32 bits per heavy atom. The lowest BCUT2D eigenvalue weighted by Gasteiger charge is -2.39. The van der Waals surface area contributed by atoms with Gasteiger partial charge >= 0.3 is 12.1 Å². The van der Waals surface area contributed by atoms with Crippen molar-refractivity contribution in [1.29, 1.82) is 0 Å². The zero-order valence-electron chi connectivity index (χ0n) is 19.9. The molecule has 0 fully saturated rings. The molecule has 0 spiro atoms. The Hall–Kier alpha value is -2.52. The van der Waals surface area contributed by atoms with Crippen LogP contribution < -0.4 is 10.6 Å². The number of benzene rings is 2. The number of carbonyl (C=O) groups is 2. The second-order valence-corrected chi connectivity index (χ2v) is 10.7. The molecular weight excluding hydrogens is 523 g/mol. The maximum Gasteiger partial charge on any atom is 0.413 e. The standard InChI is InChI=1S/C25H30BrFN2O4S/c1-16(2)33-21(30)25(15-24(3,4)5,19-12-11-18(26)13-20(19)27)29-22(34)28-23(31)32-14-17-9-7-6-8-10-17/h6-13,16H,14-15H2,1-5H3,(H2,28,29,31,34)/t25-/m1/s1. The maximum absolute atomic E-state index is 15.2. The van der Waals surface area contributed by atoms with Gasteiger partial charge in [-0.05, 0) is 55.6 Å². The van der Waals surface area contributed by atoms with Gasteiger partial charge in [0.1, 0.15) is 12.4 Å². The summed E-state index contributed by atoms with van der Waals surface area (Å²) in [6.07, 6.45) is -1.13. The van der Waals surface area contributed by atoms with Crippen LogP contribution in [0.25, 0.3) is 0 Å². The first kappa shape index (κ1) is 27.7. The number of hydrogen-bond donors (Lipinski definition) is 2. The van der Waals surface area contributed by atoms with Crippen molar-refractivity contribution in [2.24, 2.45) is 5.41 Å². The molecule has 0 unspecified atom stereocenters. The van der Waals surface area contributed by atoms with Crippen molar-refractivity contribution in [3.05, 3.63) is 69.9 Å². The van der Waals surface area contributed by atoms with Crippen LogP contribution in [-0.2, 0) is 26.4 Å². The summed E-state index contributed by atoms with van der Waals surface area (Å²) in [6.45, 7) is 9.18. The highest BCUT2D eigenvalue weighted by Gasteiger charge is 2.47. The van der Waals surface area contributed by atoms with Crippen LogP contribution in [0.15, 0.2) is 53.0 Å². The van der Waals surface area contributed by atoms with Crippen LogP contribution in [0.1, 0.15) is 52.2 Å². The van der Waals surface area contributed by atoms with Gasteiger partial charge in [0.05, 0.1) is 6.10 Å². The van der Waals surface area contributed by atoms with Gasteiger partial charge in [-0.1, -0.05) is 73.1 Å². The molecule has 1 amide bonds. The van der Waals surface area contributed by atoms with Gasteiger partial charge in [-0.25, -0.2) is 14.0 Å². The number of halogens is 2. The molecular formula is C25H30BrFN2O4S. The van der Waals surface area contributed by atoms with Gasteiger partial charge in [0.2, 0.25) is 0 Å². The van der Waals surface area contributed by atoms with Crippen molar-refractivity contribution in [2.75, 3.05) is 0 Å². The van der Waals surface area contributed by atoms with Crippen LogP contribution in [-0.4, -0.2) is 23.3 Å². The molecule has 1 atom stereocenters. The molecule has 184 valence electrons. The minimum absolute atomic E-state index is 0.0408. The summed E-state index contributed by atoms with van der Waals surface area (Å²) in [5.41, 5.74) is -1.29. The molecule has 34 heavy (non-hydrogen) atoms. The molecule has 0 aliphatic heterocycles. The number of esters is 1. The lowest BCUT2D eigenvalue weighted by Crippen LogP contribution is -2.58. The van der Waals surface area contributed by atoms with E-state index >= 15 is 4.39 Å². The number of thiocarbonyl (C=S) groups is 1. The summed E-state index contributed by atoms with van der Waals surface area (Å²) in [5, 5.41) is 5.12. The Labute approximate surface area is 213 Å². The van der Waals surface area contributed by atoms with Crippen molar-refractivity contribution in [3.8, 4) is 0 Å². The minimum atomic E-state index is -1.70. The molecule has 0 radical (unpaired) electrons. The predicted octanol–water partition coefficient (Wildman–Crippen LogP) is 5.97. The SMILES string of the molecule is CC(C)OC(=O)[C@](CC(C)(C)C)(NC(=S)NC(=O)OCc1ccccc1)c1ccc(Br)cc1F. The second-order valence-electron chi connectivity index (χ2n) is 9.36. The van der Waals surface area contributed by atoms with Gasteiger partial charge in [0.15, 0.2) is 10.7 Å². The number of ether oxygens (including phenoxy) is 2. The Balaban J connectivity index is 2.35. The highest BCUT2D eigenvalue weighted by Crippen LogP contribution is 2.38. The normalized spacial score (nSPS) is 13.1. The molecule has 9 heteroatoms. The van der Waals surface area contributed by atoms with Gasteiger partial charge in [0.25, 0.3) is 0 Å². The van der Waals surface area contributed by atoms with E-state index in [1.165, 1.54) is 12.1 Å². The third-order valence-corrected chi connectivity index (χ3v) is 5.33. The lowest BCUT2D eigenvalue weighted by atomic mass is 9.75. The summed E-state index contributed by atoms with van der Waals surface area (Å²) < 4.78 is 26.5. The van der Waals surface area contributed by atoms with Crippen LogP contribution in [0.5, 0.6) is 0 Å². The molecule has 2 N–H and O–H groups in total. The van der Waals surface area contributed by atoms with E-state index < -0.39 is 34.9 Å². The summed E-state index contributed by atoms with van der Waals surface area (Å²) in [5.74, 6) is -1.33. The molecule has 0 saturated carbocycles. The first-order valence-corrected chi connectivity index (χ1v) is 12.0. The van der Waals surface area contributed by atoms with Gasteiger partial charge < -0.3 is 14.8 Å². The number of alkyl carbamates (subject to hydrolysis) is 1. The first-order chi connectivity index (χ1) is 15.8. The Morgan fingerprint density at radius 1 is 1.12 bits per heavy atom. The Kier molecular flexibility index (Phi) is 9.58. The number of amides is 1. The van der Waals surface area contributed by atoms with Gasteiger partial charge in [0, 0.05) is 10.0 Å². The molecule has 2 rings (SSSR count). The van der Waals surface area contributed by atoms with E-state index in [1.54, 1.807) is 19.9 Å².